The van der Waals surface area contributed by atoms with Gasteiger partial charge in [0.15, 0.2) is 10.9 Å². The van der Waals surface area contributed by atoms with Crippen LogP contribution in [0.2, 0.25) is 0 Å². The van der Waals surface area contributed by atoms with Gasteiger partial charge in [-0.1, -0.05) is 11.3 Å². The van der Waals surface area contributed by atoms with Gasteiger partial charge in [-0.05, 0) is 60.0 Å². The van der Waals surface area contributed by atoms with Crippen molar-refractivity contribution in [1.82, 2.24) is 9.97 Å². The molecule has 5 rings (SSSR count). The average molecular weight is 531 g/mol. The largest absolute Gasteiger partial charge is 0.347 e. The van der Waals surface area contributed by atoms with Crippen LogP contribution in [0.3, 0.4) is 0 Å². The lowest BCUT2D eigenvalue weighted by Crippen LogP contribution is -2.33. The summed E-state index contributed by atoms with van der Waals surface area (Å²) in [7, 11) is 0. The highest BCUT2D eigenvalue weighted by atomic mass is 32.2. The van der Waals surface area contributed by atoms with Gasteiger partial charge in [0.1, 0.15) is 23.2 Å². The molecule has 5 nitrogen and oxygen atoms in total. The molecule has 1 fully saturated rings. The predicted octanol–water partition coefficient (Wildman–Crippen LogP) is 6.72. The molecule has 0 saturated carbocycles. The quantitative estimate of drug-likeness (QED) is 0.221. The van der Waals surface area contributed by atoms with Crippen molar-refractivity contribution in [2.24, 2.45) is 0 Å². The molecule has 2 aromatic carbocycles. The number of thiazole rings is 1. The summed E-state index contributed by atoms with van der Waals surface area (Å²) >= 11 is 1.95. The lowest BCUT2D eigenvalue weighted by Gasteiger charge is -2.25. The van der Waals surface area contributed by atoms with Crippen molar-refractivity contribution in [1.29, 1.82) is 0 Å². The first kappa shape index (κ1) is 24.3. The molecule has 11 heteroatoms. The van der Waals surface area contributed by atoms with Crippen molar-refractivity contribution in [3.05, 3.63) is 78.1 Å². The summed E-state index contributed by atoms with van der Waals surface area (Å²) in [6.45, 7) is 0.952. The number of carbonyl (C=O) groups excluding carboxylic acids is 1. The molecule has 1 saturated heterocycles. The molecule has 0 amide bonds. The Morgan fingerprint density at radius 1 is 0.944 bits per heavy atom. The molecule has 184 valence electrons. The van der Waals surface area contributed by atoms with E-state index in [4.69, 9.17) is 0 Å². The summed E-state index contributed by atoms with van der Waals surface area (Å²) in [6.07, 6.45) is 3.92. The van der Waals surface area contributed by atoms with Crippen LogP contribution in [0.1, 0.15) is 12.8 Å². The Morgan fingerprint density at radius 2 is 1.67 bits per heavy atom. The van der Waals surface area contributed by atoms with E-state index in [0.29, 0.717) is 53.5 Å². The highest BCUT2D eigenvalue weighted by Crippen LogP contribution is 2.43. The average Bonchev–Trinajstić information content (AvgIpc) is 3.31. The third kappa shape index (κ3) is 4.93. The Balaban J connectivity index is 1.55. The number of Topliss-reactive ketones (excluding diaryl/α,β-unsaturated/α-hetero) is 1. The molecule has 1 aliphatic heterocycles. The Bertz CT molecular complexity index is 1420. The second-order valence-electron chi connectivity index (χ2n) is 8.00. The lowest BCUT2D eigenvalue weighted by atomic mass is 10.1. The second kappa shape index (κ2) is 10.3. The zero-order valence-corrected chi connectivity index (χ0v) is 20.2. The fraction of sp³-hybridized carbons (Fsp3) is 0.160. The molecule has 0 radical (unpaired) electrons. The Morgan fingerprint density at radius 3 is 2.42 bits per heavy atom. The first-order chi connectivity index (χ1) is 17.4. The number of hydrogen-bond acceptors (Lipinski definition) is 7. The zero-order chi connectivity index (χ0) is 25.2. The fourth-order valence-corrected chi connectivity index (χ4v) is 5.62. The standard InChI is InChI=1S/C25H18F4N4OS2/c26-15-1-2-17(27)20(13-15)36-32-19-4-3-18(28)21(22(19)29)23-24(14-5-9-30-10-6-14)35-25(31-23)33-11-7-16(34)8-12-33/h1-6,9-10,13,32H,7-8,11-12H2. The highest BCUT2D eigenvalue weighted by molar-refractivity contribution is 8.00. The van der Waals surface area contributed by atoms with Crippen molar-refractivity contribution in [3.63, 3.8) is 0 Å². The van der Waals surface area contributed by atoms with Crippen molar-refractivity contribution < 1.29 is 22.4 Å². The minimum absolute atomic E-state index is 0.0756. The van der Waals surface area contributed by atoms with Gasteiger partial charge in [-0.3, -0.25) is 9.78 Å². The highest BCUT2D eigenvalue weighted by Gasteiger charge is 2.27. The number of nitrogens with zero attached hydrogens (tertiary/aromatic N) is 3. The molecule has 36 heavy (non-hydrogen) atoms. The summed E-state index contributed by atoms with van der Waals surface area (Å²) in [5, 5.41) is 0.553. The fourth-order valence-electron chi connectivity index (χ4n) is 3.77. The van der Waals surface area contributed by atoms with Gasteiger partial charge < -0.3 is 9.62 Å². The van der Waals surface area contributed by atoms with Crippen molar-refractivity contribution >= 4 is 39.9 Å². The Kier molecular flexibility index (Phi) is 6.92. The number of aromatic nitrogens is 2. The summed E-state index contributed by atoms with van der Waals surface area (Å²) in [6, 6.07) is 8.66. The molecule has 2 aromatic heterocycles. The van der Waals surface area contributed by atoms with Gasteiger partial charge >= 0.3 is 0 Å². The normalized spacial score (nSPS) is 13.8. The maximum Gasteiger partial charge on any atom is 0.186 e. The summed E-state index contributed by atoms with van der Waals surface area (Å²) in [5.41, 5.74) is 0.338. The number of carbonyl (C=O) groups is 1. The van der Waals surface area contributed by atoms with Crippen LogP contribution < -0.4 is 9.62 Å². The number of pyridine rings is 1. The zero-order valence-electron chi connectivity index (χ0n) is 18.6. The van der Waals surface area contributed by atoms with Gasteiger partial charge in [0.2, 0.25) is 0 Å². The number of piperidine rings is 1. The molecule has 1 aliphatic rings. The first-order valence-electron chi connectivity index (χ1n) is 10.9. The SMILES string of the molecule is O=C1CCN(c2nc(-c3c(F)ccc(NSc4cc(F)ccc4F)c3F)c(-c3ccncc3)s2)CC1. The predicted molar refractivity (Wildman–Crippen MR) is 133 cm³/mol. The molecule has 0 aliphatic carbocycles. The number of anilines is 2. The van der Waals surface area contributed by atoms with Crippen LogP contribution in [0.5, 0.6) is 0 Å². The van der Waals surface area contributed by atoms with Gasteiger partial charge in [0, 0.05) is 38.3 Å². The molecule has 0 spiro atoms. The molecule has 1 N–H and O–H groups in total. The van der Waals surface area contributed by atoms with Crippen molar-refractivity contribution in [3.8, 4) is 21.7 Å². The molecule has 3 heterocycles. The van der Waals surface area contributed by atoms with Gasteiger partial charge in [-0.2, -0.15) is 0 Å². The summed E-state index contributed by atoms with van der Waals surface area (Å²) in [4.78, 5) is 22.7. The number of nitrogens with one attached hydrogen (secondary N) is 1. The topological polar surface area (TPSA) is 58.1 Å². The van der Waals surface area contributed by atoms with Crippen LogP contribution in [0.15, 0.2) is 59.8 Å². The summed E-state index contributed by atoms with van der Waals surface area (Å²) < 4.78 is 61.0. The Labute approximate surface area is 212 Å². The smallest absolute Gasteiger partial charge is 0.186 e. The van der Waals surface area contributed by atoms with Crippen LogP contribution >= 0.6 is 23.3 Å². The molecular formula is C25H18F4N4OS2. The number of benzene rings is 2. The molecular weight excluding hydrogens is 512 g/mol. The van der Waals surface area contributed by atoms with E-state index in [-0.39, 0.29) is 27.6 Å². The van der Waals surface area contributed by atoms with Crippen LogP contribution in [-0.2, 0) is 4.79 Å². The minimum atomic E-state index is -0.916. The molecule has 0 atom stereocenters. The van der Waals surface area contributed by atoms with E-state index in [9.17, 15) is 13.6 Å². The van der Waals surface area contributed by atoms with E-state index in [2.05, 4.69) is 14.7 Å². The molecule has 4 aromatic rings. The van der Waals surface area contributed by atoms with Gasteiger partial charge in [0.05, 0.1) is 26.7 Å². The van der Waals surface area contributed by atoms with Gasteiger partial charge in [-0.25, -0.2) is 22.5 Å². The van der Waals surface area contributed by atoms with Crippen LogP contribution in [0.25, 0.3) is 21.7 Å². The van der Waals surface area contributed by atoms with Crippen LogP contribution in [0, 0.1) is 23.3 Å². The second-order valence-corrected chi connectivity index (χ2v) is 9.82. The molecule has 0 bridgehead atoms. The maximum atomic E-state index is 15.7. The number of hydrogen-bond donors (Lipinski definition) is 1. The first-order valence-corrected chi connectivity index (χ1v) is 12.6. The van der Waals surface area contributed by atoms with E-state index < -0.39 is 23.3 Å². The summed E-state index contributed by atoms with van der Waals surface area (Å²) in [5.74, 6) is -2.89. The Hall–Kier alpha value is -3.44. The number of ketones is 1. The minimum Gasteiger partial charge on any atom is -0.347 e. The van der Waals surface area contributed by atoms with E-state index in [1.165, 1.54) is 17.4 Å². The van der Waals surface area contributed by atoms with Crippen molar-refractivity contribution in [2.45, 2.75) is 17.7 Å². The number of halogens is 4. The third-order valence-electron chi connectivity index (χ3n) is 5.64. The maximum absolute atomic E-state index is 15.7. The van der Waals surface area contributed by atoms with Gasteiger partial charge in [0.25, 0.3) is 0 Å². The number of rotatable bonds is 6. The van der Waals surface area contributed by atoms with Gasteiger partial charge in [-0.15, -0.1) is 0 Å². The van der Waals surface area contributed by atoms with E-state index in [1.807, 2.05) is 4.90 Å². The lowest BCUT2D eigenvalue weighted by molar-refractivity contribution is -0.119. The monoisotopic (exact) mass is 530 g/mol. The van der Waals surface area contributed by atoms with E-state index in [1.54, 1.807) is 24.5 Å². The third-order valence-corrected chi connectivity index (χ3v) is 7.66. The van der Waals surface area contributed by atoms with E-state index >= 15 is 8.78 Å². The van der Waals surface area contributed by atoms with Crippen molar-refractivity contribution in [2.75, 3.05) is 22.7 Å². The van der Waals surface area contributed by atoms with Crippen LogP contribution in [-0.4, -0.2) is 28.8 Å². The van der Waals surface area contributed by atoms with E-state index in [0.717, 1.165) is 24.3 Å². The molecule has 0 unspecified atom stereocenters. The van der Waals surface area contributed by atoms with Crippen LogP contribution in [0.4, 0.5) is 28.4 Å².